The van der Waals surface area contributed by atoms with Gasteiger partial charge in [0.15, 0.2) is 5.84 Å². The van der Waals surface area contributed by atoms with Crippen molar-refractivity contribution in [2.45, 2.75) is 4.90 Å². The Morgan fingerprint density at radius 2 is 2.24 bits per heavy atom. The zero-order valence-corrected chi connectivity index (χ0v) is 13.3. The van der Waals surface area contributed by atoms with Crippen LogP contribution >= 0.6 is 15.9 Å². The molecule has 112 valence electrons. The maximum atomic E-state index is 12.3. The molecule has 2 aromatic rings. The van der Waals surface area contributed by atoms with E-state index >= 15 is 0 Å². The van der Waals surface area contributed by atoms with Crippen molar-refractivity contribution < 1.29 is 13.6 Å². The molecule has 0 unspecified atom stereocenters. The molecule has 1 aromatic heterocycles. The van der Waals surface area contributed by atoms with Gasteiger partial charge in [-0.3, -0.25) is 9.40 Å². The van der Waals surface area contributed by atoms with Crippen molar-refractivity contribution >= 4 is 37.5 Å². The van der Waals surface area contributed by atoms with E-state index in [1.54, 1.807) is 13.1 Å². The molecule has 4 N–H and O–H groups in total. The summed E-state index contributed by atoms with van der Waals surface area (Å²) in [6, 6.07) is 4.69. The van der Waals surface area contributed by atoms with E-state index < -0.39 is 10.0 Å². The van der Waals surface area contributed by atoms with Crippen LogP contribution in [0.3, 0.4) is 0 Å². The molecule has 0 radical (unpaired) electrons. The van der Waals surface area contributed by atoms with Crippen LogP contribution in [0.4, 0.5) is 5.69 Å². The summed E-state index contributed by atoms with van der Waals surface area (Å²) in [5, 5.41) is 15.5. The van der Waals surface area contributed by atoms with E-state index in [1.165, 1.54) is 29.2 Å². The average Bonchev–Trinajstić information content (AvgIpc) is 2.85. The standard InChI is InChI=1S/C11H12BrN5O3S/c1-17-6-8(5-14-17)21(19,20)16-10-4-7(12)2-3-9(10)11(13)15-18/h2-6,16,18H,1H3,(H2,13,15). The molecule has 10 heteroatoms. The summed E-state index contributed by atoms with van der Waals surface area (Å²) in [5.74, 6) is -0.202. The molecule has 21 heavy (non-hydrogen) atoms. The van der Waals surface area contributed by atoms with Crippen molar-refractivity contribution in [2.75, 3.05) is 4.72 Å². The van der Waals surface area contributed by atoms with Crippen LogP contribution in [-0.2, 0) is 17.1 Å². The van der Waals surface area contributed by atoms with E-state index in [1.807, 2.05) is 0 Å². The Morgan fingerprint density at radius 3 is 2.81 bits per heavy atom. The van der Waals surface area contributed by atoms with Gasteiger partial charge in [0.25, 0.3) is 10.0 Å². The highest BCUT2D eigenvalue weighted by atomic mass is 79.9. The molecule has 0 saturated heterocycles. The number of halogens is 1. The Kier molecular flexibility index (Phi) is 4.19. The lowest BCUT2D eigenvalue weighted by molar-refractivity contribution is 0.318. The second-order valence-corrected chi connectivity index (χ2v) is 6.73. The molecular weight excluding hydrogens is 362 g/mol. The summed E-state index contributed by atoms with van der Waals surface area (Å²) < 4.78 is 28.9. The van der Waals surface area contributed by atoms with Crippen molar-refractivity contribution in [3.05, 3.63) is 40.6 Å². The Balaban J connectivity index is 2.46. The van der Waals surface area contributed by atoms with Crippen LogP contribution in [0.2, 0.25) is 0 Å². The minimum absolute atomic E-state index is 0.00966. The highest BCUT2D eigenvalue weighted by Gasteiger charge is 2.19. The van der Waals surface area contributed by atoms with E-state index in [0.717, 1.165) is 0 Å². The van der Waals surface area contributed by atoms with E-state index in [4.69, 9.17) is 10.9 Å². The molecule has 8 nitrogen and oxygen atoms in total. The molecule has 0 bridgehead atoms. The maximum absolute atomic E-state index is 12.3. The van der Waals surface area contributed by atoms with Gasteiger partial charge in [-0.05, 0) is 18.2 Å². The third-order valence-corrected chi connectivity index (χ3v) is 4.41. The van der Waals surface area contributed by atoms with Crippen LogP contribution in [-0.4, -0.2) is 29.2 Å². The van der Waals surface area contributed by atoms with E-state index in [0.29, 0.717) is 4.47 Å². The van der Waals surface area contributed by atoms with Crippen molar-refractivity contribution in [3.63, 3.8) is 0 Å². The third-order valence-electron chi connectivity index (χ3n) is 2.60. The number of oxime groups is 1. The minimum Gasteiger partial charge on any atom is -0.409 e. The fourth-order valence-electron chi connectivity index (χ4n) is 1.62. The van der Waals surface area contributed by atoms with Crippen LogP contribution in [0.25, 0.3) is 0 Å². The molecule has 1 aromatic carbocycles. The Hall–Kier alpha value is -2.07. The smallest absolute Gasteiger partial charge is 0.265 e. The SMILES string of the molecule is Cn1cc(S(=O)(=O)Nc2cc(Br)ccc2/C(N)=N/O)cn1. The number of hydrogen-bond donors (Lipinski definition) is 3. The second kappa shape index (κ2) is 5.74. The summed E-state index contributed by atoms with van der Waals surface area (Å²) in [4.78, 5) is 0.00966. The number of anilines is 1. The summed E-state index contributed by atoms with van der Waals surface area (Å²) in [6.07, 6.45) is 2.59. The molecule has 2 rings (SSSR count). The number of nitrogens with two attached hydrogens (primary N) is 1. The largest absolute Gasteiger partial charge is 0.409 e. The van der Waals surface area contributed by atoms with Gasteiger partial charge < -0.3 is 10.9 Å². The number of amidine groups is 1. The Labute approximate surface area is 129 Å². The number of sulfonamides is 1. The monoisotopic (exact) mass is 373 g/mol. The maximum Gasteiger partial charge on any atom is 0.265 e. The number of aryl methyl sites for hydroxylation is 1. The van der Waals surface area contributed by atoms with Crippen LogP contribution in [0.15, 0.2) is 45.1 Å². The third kappa shape index (κ3) is 3.34. The van der Waals surface area contributed by atoms with E-state index in [2.05, 4.69) is 30.9 Å². The highest BCUT2D eigenvalue weighted by Crippen LogP contribution is 2.24. The van der Waals surface area contributed by atoms with Crippen LogP contribution < -0.4 is 10.5 Å². The van der Waals surface area contributed by atoms with Gasteiger partial charge in [-0.2, -0.15) is 5.10 Å². The van der Waals surface area contributed by atoms with Gasteiger partial charge in [-0.15, -0.1) is 0 Å². The Bertz CT molecular complexity index is 800. The summed E-state index contributed by atoms with van der Waals surface area (Å²) >= 11 is 3.24. The summed E-state index contributed by atoms with van der Waals surface area (Å²) in [6.45, 7) is 0. The zero-order chi connectivity index (χ0) is 15.6. The van der Waals surface area contributed by atoms with Crippen molar-refractivity contribution in [1.82, 2.24) is 9.78 Å². The lowest BCUT2D eigenvalue weighted by Gasteiger charge is -2.11. The van der Waals surface area contributed by atoms with Gasteiger partial charge in [0.05, 0.1) is 11.9 Å². The molecule has 0 aliphatic heterocycles. The molecular formula is C11H12BrN5O3S. The normalized spacial score (nSPS) is 12.4. The van der Waals surface area contributed by atoms with Gasteiger partial charge in [0.1, 0.15) is 4.90 Å². The van der Waals surface area contributed by atoms with Gasteiger partial charge in [0, 0.05) is 23.3 Å². The van der Waals surface area contributed by atoms with Crippen LogP contribution in [0.1, 0.15) is 5.56 Å². The number of nitrogens with zero attached hydrogens (tertiary/aromatic N) is 3. The number of benzene rings is 1. The predicted octanol–water partition coefficient (Wildman–Crippen LogP) is 1.08. The number of hydrogen-bond acceptors (Lipinski definition) is 5. The lowest BCUT2D eigenvalue weighted by atomic mass is 10.2. The first-order valence-electron chi connectivity index (χ1n) is 5.62. The molecule has 0 spiro atoms. The van der Waals surface area contributed by atoms with Gasteiger partial charge in [-0.25, -0.2) is 8.42 Å². The fourth-order valence-corrected chi connectivity index (χ4v) is 3.03. The molecule has 0 aliphatic carbocycles. The molecule has 0 atom stereocenters. The fraction of sp³-hybridized carbons (Fsp3) is 0.0909. The topological polar surface area (TPSA) is 123 Å². The highest BCUT2D eigenvalue weighted by molar-refractivity contribution is 9.10. The predicted molar refractivity (Wildman–Crippen MR) is 80.7 cm³/mol. The first-order valence-corrected chi connectivity index (χ1v) is 7.90. The lowest BCUT2D eigenvalue weighted by Crippen LogP contribution is -2.19. The summed E-state index contributed by atoms with van der Waals surface area (Å²) in [7, 11) is -2.21. The van der Waals surface area contributed by atoms with Crippen LogP contribution in [0, 0.1) is 0 Å². The molecule has 0 amide bonds. The van der Waals surface area contributed by atoms with Crippen molar-refractivity contribution in [1.29, 1.82) is 0 Å². The van der Waals surface area contributed by atoms with Gasteiger partial charge in [-0.1, -0.05) is 21.1 Å². The molecule has 0 fully saturated rings. The van der Waals surface area contributed by atoms with Crippen LogP contribution in [0.5, 0.6) is 0 Å². The number of rotatable bonds is 4. The average molecular weight is 374 g/mol. The van der Waals surface area contributed by atoms with Gasteiger partial charge >= 0.3 is 0 Å². The molecule has 0 aliphatic rings. The molecule has 1 heterocycles. The quantitative estimate of drug-likeness (QED) is 0.320. The second-order valence-electron chi connectivity index (χ2n) is 4.13. The first kappa shape index (κ1) is 15.3. The van der Waals surface area contributed by atoms with E-state index in [9.17, 15) is 8.42 Å². The van der Waals surface area contributed by atoms with Crippen molar-refractivity contribution in [3.8, 4) is 0 Å². The molecule has 0 saturated carbocycles. The first-order chi connectivity index (χ1) is 9.83. The summed E-state index contributed by atoms with van der Waals surface area (Å²) in [5.41, 5.74) is 5.98. The number of nitrogens with one attached hydrogen (secondary N) is 1. The minimum atomic E-state index is -3.82. The van der Waals surface area contributed by atoms with Gasteiger partial charge in [0.2, 0.25) is 0 Å². The Morgan fingerprint density at radius 1 is 1.52 bits per heavy atom. The zero-order valence-electron chi connectivity index (χ0n) is 10.9. The number of aromatic nitrogens is 2. The van der Waals surface area contributed by atoms with Crippen molar-refractivity contribution in [2.24, 2.45) is 17.9 Å². The van der Waals surface area contributed by atoms with E-state index in [-0.39, 0.29) is 22.0 Å².